The van der Waals surface area contributed by atoms with Crippen molar-refractivity contribution in [2.75, 3.05) is 36.8 Å². The molecule has 26 heavy (non-hydrogen) atoms. The lowest BCUT2D eigenvalue weighted by atomic mass is 10.2. The van der Waals surface area contributed by atoms with Crippen molar-refractivity contribution < 1.29 is 9.59 Å². The number of anilines is 1. The molecule has 1 atom stereocenters. The molecule has 1 aliphatic rings. The summed E-state index contributed by atoms with van der Waals surface area (Å²) in [7, 11) is 0. The van der Waals surface area contributed by atoms with Crippen molar-refractivity contribution in [2.45, 2.75) is 44.8 Å². The van der Waals surface area contributed by atoms with E-state index in [1.165, 1.54) is 11.8 Å². The summed E-state index contributed by atoms with van der Waals surface area (Å²) >= 11 is 7.42. The minimum atomic E-state index is -0.0303. The Balaban J connectivity index is 1.97. The van der Waals surface area contributed by atoms with Gasteiger partial charge in [-0.15, -0.1) is 0 Å². The minimum Gasteiger partial charge on any atom is -0.355 e. The SMILES string of the molecule is CCCCNC(=O)CSc1nc(Cl)cc(N2CCN(C(C)=O)[C@H](C)C2)n1. The van der Waals surface area contributed by atoms with Crippen LogP contribution in [0.1, 0.15) is 33.6 Å². The van der Waals surface area contributed by atoms with Gasteiger partial charge in [-0.25, -0.2) is 9.97 Å². The summed E-state index contributed by atoms with van der Waals surface area (Å²) in [6.45, 7) is 8.42. The zero-order valence-electron chi connectivity index (χ0n) is 15.5. The number of thioether (sulfide) groups is 1. The first-order valence-electron chi connectivity index (χ1n) is 8.87. The van der Waals surface area contributed by atoms with E-state index in [2.05, 4.69) is 27.1 Å². The van der Waals surface area contributed by atoms with Gasteiger partial charge in [-0.2, -0.15) is 0 Å². The van der Waals surface area contributed by atoms with E-state index in [9.17, 15) is 9.59 Å². The van der Waals surface area contributed by atoms with Crippen LogP contribution in [-0.2, 0) is 9.59 Å². The number of aromatic nitrogens is 2. The van der Waals surface area contributed by atoms with Crippen LogP contribution in [-0.4, -0.2) is 64.7 Å². The second-order valence-corrected chi connectivity index (χ2v) is 7.66. The van der Waals surface area contributed by atoms with E-state index < -0.39 is 0 Å². The summed E-state index contributed by atoms with van der Waals surface area (Å²) in [5.74, 6) is 1.05. The predicted octanol–water partition coefficient (Wildman–Crippen LogP) is 2.20. The number of rotatable bonds is 7. The van der Waals surface area contributed by atoms with Gasteiger partial charge in [0.15, 0.2) is 5.16 Å². The van der Waals surface area contributed by atoms with Crippen LogP contribution in [0.5, 0.6) is 0 Å². The Labute approximate surface area is 163 Å². The third-order valence-corrected chi connectivity index (χ3v) is 5.24. The first-order valence-corrected chi connectivity index (χ1v) is 10.2. The molecule has 1 aromatic heterocycles. The fourth-order valence-electron chi connectivity index (χ4n) is 2.83. The van der Waals surface area contributed by atoms with Crippen LogP contribution >= 0.6 is 23.4 Å². The zero-order valence-corrected chi connectivity index (χ0v) is 17.1. The Morgan fingerprint density at radius 1 is 1.38 bits per heavy atom. The summed E-state index contributed by atoms with van der Waals surface area (Å²) < 4.78 is 0. The van der Waals surface area contributed by atoms with Crippen molar-refractivity contribution in [2.24, 2.45) is 0 Å². The van der Waals surface area contributed by atoms with Gasteiger partial charge in [0.05, 0.1) is 5.75 Å². The summed E-state index contributed by atoms with van der Waals surface area (Å²) in [4.78, 5) is 36.2. The van der Waals surface area contributed by atoms with Gasteiger partial charge in [0.25, 0.3) is 0 Å². The third-order valence-electron chi connectivity index (χ3n) is 4.20. The number of carbonyl (C=O) groups excluding carboxylic acids is 2. The fourth-order valence-corrected chi connectivity index (χ4v) is 3.74. The van der Waals surface area contributed by atoms with Crippen LogP contribution in [0.4, 0.5) is 5.82 Å². The number of hydrogen-bond donors (Lipinski definition) is 1. The second kappa shape index (κ2) is 9.97. The first kappa shape index (κ1) is 20.8. The van der Waals surface area contributed by atoms with E-state index in [-0.39, 0.29) is 23.6 Å². The summed E-state index contributed by atoms with van der Waals surface area (Å²) in [5.41, 5.74) is 0. The highest BCUT2D eigenvalue weighted by Gasteiger charge is 2.26. The lowest BCUT2D eigenvalue weighted by Gasteiger charge is -2.40. The largest absolute Gasteiger partial charge is 0.355 e. The van der Waals surface area contributed by atoms with E-state index in [0.717, 1.165) is 18.7 Å². The number of unbranched alkanes of at least 4 members (excludes halogenated alkanes) is 1. The number of amides is 2. The number of carbonyl (C=O) groups is 2. The van der Waals surface area contributed by atoms with E-state index in [1.807, 2.05) is 11.8 Å². The average Bonchev–Trinajstić information content (AvgIpc) is 2.59. The molecule has 1 aliphatic heterocycles. The highest BCUT2D eigenvalue weighted by atomic mass is 35.5. The smallest absolute Gasteiger partial charge is 0.230 e. The van der Waals surface area contributed by atoms with E-state index in [4.69, 9.17) is 11.6 Å². The molecule has 2 heterocycles. The quantitative estimate of drug-likeness (QED) is 0.328. The normalized spacial score (nSPS) is 17.3. The van der Waals surface area contributed by atoms with Crippen molar-refractivity contribution in [3.05, 3.63) is 11.2 Å². The first-order chi connectivity index (χ1) is 12.4. The highest BCUT2D eigenvalue weighted by Crippen LogP contribution is 2.24. The molecule has 0 radical (unpaired) electrons. The molecule has 1 saturated heterocycles. The lowest BCUT2D eigenvalue weighted by Crippen LogP contribution is -2.53. The monoisotopic (exact) mass is 399 g/mol. The van der Waals surface area contributed by atoms with Gasteiger partial charge in [-0.1, -0.05) is 36.7 Å². The lowest BCUT2D eigenvalue weighted by molar-refractivity contribution is -0.131. The van der Waals surface area contributed by atoms with E-state index in [1.54, 1.807) is 13.0 Å². The van der Waals surface area contributed by atoms with Crippen molar-refractivity contribution in [3.8, 4) is 0 Å². The minimum absolute atomic E-state index is 0.0303. The Kier molecular flexibility index (Phi) is 7.96. The van der Waals surface area contributed by atoms with Crippen molar-refractivity contribution in [1.82, 2.24) is 20.2 Å². The molecule has 0 bridgehead atoms. The Morgan fingerprint density at radius 3 is 2.81 bits per heavy atom. The molecule has 0 unspecified atom stereocenters. The van der Waals surface area contributed by atoms with Crippen LogP contribution in [0, 0.1) is 0 Å². The summed E-state index contributed by atoms with van der Waals surface area (Å²) in [6.07, 6.45) is 2.02. The Hall–Kier alpha value is -1.54. The number of piperazine rings is 1. The highest BCUT2D eigenvalue weighted by molar-refractivity contribution is 7.99. The average molecular weight is 400 g/mol. The second-order valence-electron chi connectivity index (χ2n) is 6.33. The summed E-state index contributed by atoms with van der Waals surface area (Å²) in [6, 6.07) is 1.83. The van der Waals surface area contributed by atoms with Crippen LogP contribution in [0.15, 0.2) is 11.2 Å². The van der Waals surface area contributed by atoms with Gasteiger partial charge in [0, 0.05) is 45.2 Å². The fraction of sp³-hybridized carbons (Fsp3) is 0.647. The van der Waals surface area contributed by atoms with Gasteiger partial charge >= 0.3 is 0 Å². The molecule has 0 aromatic carbocycles. The molecule has 0 aliphatic carbocycles. The van der Waals surface area contributed by atoms with Crippen molar-refractivity contribution in [3.63, 3.8) is 0 Å². The standard InChI is InChI=1S/C17H26ClN5O2S/c1-4-5-6-19-16(25)11-26-17-20-14(18)9-15(21-17)22-7-8-23(13(3)24)12(2)10-22/h9,12H,4-8,10-11H2,1-3H3,(H,19,25)/t12-/m1/s1. The van der Waals surface area contributed by atoms with Crippen LogP contribution in [0.2, 0.25) is 5.15 Å². The molecule has 1 N–H and O–H groups in total. The molecular weight excluding hydrogens is 374 g/mol. The maximum absolute atomic E-state index is 11.8. The van der Waals surface area contributed by atoms with Gasteiger partial charge in [0.1, 0.15) is 11.0 Å². The van der Waals surface area contributed by atoms with Gasteiger partial charge < -0.3 is 15.1 Å². The van der Waals surface area contributed by atoms with Crippen molar-refractivity contribution >= 4 is 41.0 Å². The van der Waals surface area contributed by atoms with Gasteiger partial charge in [-0.3, -0.25) is 9.59 Å². The number of nitrogens with zero attached hydrogens (tertiary/aromatic N) is 4. The molecule has 7 nitrogen and oxygen atoms in total. The maximum Gasteiger partial charge on any atom is 0.230 e. The number of nitrogens with one attached hydrogen (secondary N) is 1. The van der Waals surface area contributed by atoms with Gasteiger partial charge in [0.2, 0.25) is 11.8 Å². The zero-order chi connectivity index (χ0) is 19.1. The van der Waals surface area contributed by atoms with Gasteiger partial charge in [-0.05, 0) is 13.3 Å². The number of hydrogen-bond acceptors (Lipinski definition) is 6. The molecule has 2 amide bonds. The van der Waals surface area contributed by atoms with Crippen LogP contribution in [0.3, 0.4) is 0 Å². The third kappa shape index (κ3) is 6.02. The topological polar surface area (TPSA) is 78.4 Å². The van der Waals surface area contributed by atoms with Crippen molar-refractivity contribution in [1.29, 1.82) is 0 Å². The molecule has 1 fully saturated rings. The van der Waals surface area contributed by atoms with Crippen LogP contribution < -0.4 is 10.2 Å². The molecule has 0 spiro atoms. The molecule has 144 valence electrons. The molecular formula is C17H26ClN5O2S. The van der Waals surface area contributed by atoms with E-state index in [0.29, 0.717) is 36.5 Å². The van der Waals surface area contributed by atoms with Crippen LogP contribution in [0.25, 0.3) is 0 Å². The molecule has 1 aromatic rings. The number of halogens is 1. The predicted molar refractivity (Wildman–Crippen MR) is 105 cm³/mol. The van der Waals surface area contributed by atoms with E-state index >= 15 is 0 Å². The summed E-state index contributed by atoms with van der Waals surface area (Å²) in [5, 5.41) is 3.71. The molecule has 9 heteroatoms. The Morgan fingerprint density at radius 2 is 2.15 bits per heavy atom. The Bertz CT molecular complexity index is 646. The molecule has 2 rings (SSSR count). The maximum atomic E-state index is 11.8. The molecule has 0 saturated carbocycles.